The molecule has 0 fully saturated rings. The van der Waals surface area contributed by atoms with E-state index >= 15 is 0 Å². The smallest absolute Gasteiger partial charge is 0.0179 e. The first kappa shape index (κ1) is 20.7. The van der Waals surface area contributed by atoms with E-state index < -0.39 is 0 Å². The number of hydrogen-bond acceptors (Lipinski definition) is 2. The Kier molecular flexibility index (Phi) is 12.7. The van der Waals surface area contributed by atoms with Crippen LogP contribution >= 0.6 is 21.6 Å². The summed E-state index contributed by atoms with van der Waals surface area (Å²) in [6.45, 7) is 14.0. The third-order valence-corrected chi connectivity index (χ3v) is 7.70. The molecule has 0 aromatic rings. The largest absolute Gasteiger partial charge is 0.0902 e. The molecule has 0 radical (unpaired) electrons. The summed E-state index contributed by atoms with van der Waals surface area (Å²) in [7, 11) is 4.20. The fraction of sp³-hybridized carbons (Fsp3) is 1.00. The first-order chi connectivity index (χ1) is 9.40. The monoisotopic (exact) mass is 318 g/mol. The average molecular weight is 319 g/mol. The van der Waals surface area contributed by atoms with Gasteiger partial charge in [-0.15, -0.1) is 0 Å². The Hall–Kier alpha value is 0.700. The molecule has 0 bridgehead atoms. The van der Waals surface area contributed by atoms with Gasteiger partial charge >= 0.3 is 0 Å². The zero-order chi connectivity index (χ0) is 15.4. The maximum Gasteiger partial charge on any atom is 0.0179 e. The van der Waals surface area contributed by atoms with E-state index in [0.29, 0.717) is 4.75 Å². The maximum absolute atomic E-state index is 2.46. The summed E-state index contributed by atoms with van der Waals surface area (Å²) in [6.07, 6.45) is 12.7. The molecule has 0 saturated heterocycles. The Morgan fingerprint density at radius 3 is 1.80 bits per heavy atom. The summed E-state index contributed by atoms with van der Waals surface area (Å²) in [4.78, 5) is 0. The second-order valence-electron chi connectivity index (χ2n) is 7.10. The zero-order valence-electron chi connectivity index (χ0n) is 14.8. The third-order valence-electron chi connectivity index (χ3n) is 3.72. The Bertz CT molecular complexity index is 208. The van der Waals surface area contributed by atoms with Crippen LogP contribution < -0.4 is 0 Å². The summed E-state index contributed by atoms with van der Waals surface area (Å²) in [6, 6.07) is 0. The minimum Gasteiger partial charge on any atom is -0.0902 e. The fourth-order valence-corrected chi connectivity index (χ4v) is 5.06. The molecule has 0 nitrogen and oxygen atoms in total. The summed E-state index contributed by atoms with van der Waals surface area (Å²) < 4.78 is 0.384. The molecule has 0 amide bonds. The molecular formula is C18H38S2. The highest BCUT2D eigenvalue weighted by atomic mass is 33.1. The first-order valence-electron chi connectivity index (χ1n) is 8.75. The van der Waals surface area contributed by atoms with Gasteiger partial charge in [0.25, 0.3) is 0 Å². The van der Waals surface area contributed by atoms with Crippen molar-refractivity contribution < 1.29 is 0 Å². The van der Waals surface area contributed by atoms with Gasteiger partial charge < -0.3 is 0 Å². The van der Waals surface area contributed by atoms with Gasteiger partial charge in [0, 0.05) is 10.00 Å². The highest BCUT2D eigenvalue weighted by Gasteiger charge is 2.20. The lowest BCUT2D eigenvalue weighted by Crippen LogP contribution is -2.15. The molecule has 0 aliphatic rings. The Morgan fingerprint density at radius 1 is 0.800 bits per heavy atom. The Labute approximate surface area is 137 Å². The topological polar surface area (TPSA) is 0 Å². The maximum atomic E-state index is 2.46. The molecule has 0 spiro atoms. The lowest BCUT2D eigenvalue weighted by Gasteiger charge is -2.26. The quantitative estimate of drug-likeness (QED) is 0.267. The van der Waals surface area contributed by atoms with Gasteiger partial charge in [0.15, 0.2) is 0 Å². The van der Waals surface area contributed by atoms with E-state index in [1.807, 2.05) is 0 Å². The van der Waals surface area contributed by atoms with E-state index in [0.717, 1.165) is 11.2 Å². The van der Waals surface area contributed by atoms with Gasteiger partial charge in [0.05, 0.1) is 0 Å². The summed E-state index contributed by atoms with van der Waals surface area (Å²) in [5.74, 6) is 0.929. The Morgan fingerprint density at radius 2 is 1.30 bits per heavy atom. The minimum absolute atomic E-state index is 0.384. The van der Waals surface area contributed by atoms with E-state index in [9.17, 15) is 0 Å². The van der Waals surface area contributed by atoms with Crippen LogP contribution in [0.1, 0.15) is 99.3 Å². The van der Waals surface area contributed by atoms with Crippen molar-refractivity contribution in [3.05, 3.63) is 0 Å². The molecule has 0 rings (SSSR count). The normalized spacial score (nSPS) is 15.3. The van der Waals surface area contributed by atoms with Crippen molar-refractivity contribution in [1.29, 1.82) is 0 Å². The Balaban J connectivity index is 4.11. The molecule has 122 valence electrons. The lowest BCUT2D eigenvalue weighted by molar-refractivity contribution is 0.407. The van der Waals surface area contributed by atoms with Gasteiger partial charge in [-0.2, -0.15) is 0 Å². The molecule has 2 heteroatoms. The van der Waals surface area contributed by atoms with Crippen molar-refractivity contribution >= 4 is 21.6 Å². The predicted molar refractivity (Wildman–Crippen MR) is 101 cm³/mol. The van der Waals surface area contributed by atoms with Crippen molar-refractivity contribution in [2.45, 2.75) is 109 Å². The molecule has 0 saturated carbocycles. The van der Waals surface area contributed by atoms with E-state index in [4.69, 9.17) is 0 Å². The molecular weight excluding hydrogens is 280 g/mol. The second kappa shape index (κ2) is 12.3. The number of hydrogen-bond donors (Lipinski definition) is 0. The van der Waals surface area contributed by atoms with Crippen LogP contribution in [0.4, 0.5) is 0 Å². The van der Waals surface area contributed by atoms with Crippen molar-refractivity contribution in [1.82, 2.24) is 0 Å². The van der Waals surface area contributed by atoms with Crippen LogP contribution in [-0.2, 0) is 0 Å². The second-order valence-corrected chi connectivity index (χ2v) is 10.5. The standard InChI is InChI=1S/C18H38S2/c1-7-9-11-13-15-17(14-12-10-8-2)16(3)19-20-18(4,5)6/h16-17H,7-15H2,1-6H3/t16-,17?/m0/s1. The van der Waals surface area contributed by atoms with Crippen molar-refractivity contribution in [2.75, 3.05) is 0 Å². The summed E-state index contributed by atoms with van der Waals surface area (Å²) in [5, 5.41) is 0.803. The predicted octanol–water partition coefficient (Wildman–Crippen LogP) is 7.72. The highest BCUT2D eigenvalue weighted by molar-refractivity contribution is 8.77. The van der Waals surface area contributed by atoms with Gasteiger partial charge in [-0.3, -0.25) is 0 Å². The van der Waals surface area contributed by atoms with E-state index in [-0.39, 0.29) is 0 Å². The van der Waals surface area contributed by atoms with Gasteiger partial charge in [0.1, 0.15) is 0 Å². The first-order valence-corrected chi connectivity index (χ1v) is 11.0. The van der Waals surface area contributed by atoms with Gasteiger partial charge in [-0.05, 0) is 18.8 Å². The molecule has 2 atom stereocenters. The van der Waals surface area contributed by atoms with Crippen LogP contribution in [0.2, 0.25) is 0 Å². The molecule has 20 heavy (non-hydrogen) atoms. The minimum atomic E-state index is 0.384. The average Bonchev–Trinajstić information content (AvgIpc) is 2.38. The SMILES string of the molecule is CCCCCCC(CCCCC)[C@H](C)SSC(C)(C)C. The molecule has 0 aromatic heterocycles. The van der Waals surface area contributed by atoms with Crippen LogP contribution in [0, 0.1) is 5.92 Å². The van der Waals surface area contributed by atoms with Crippen molar-refractivity contribution in [3.8, 4) is 0 Å². The molecule has 0 aliphatic heterocycles. The molecule has 1 unspecified atom stereocenters. The van der Waals surface area contributed by atoms with Gasteiger partial charge in [-0.1, -0.05) is 108 Å². The van der Waals surface area contributed by atoms with Crippen LogP contribution in [-0.4, -0.2) is 10.00 Å². The summed E-state index contributed by atoms with van der Waals surface area (Å²) in [5.41, 5.74) is 0. The van der Waals surface area contributed by atoms with Crippen LogP contribution in [0.25, 0.3) is 0 Å². The number of unbranched alkanes of at least 4 members (excludes halogenated alkanes) is 5. The third kappa shape index (κ3) is 12.4. The molecule has 0 aliphatic carbocycles. The van der Waals surface area contributed by atoms with E-state index in [1.165, 1.54) is 57.8 Å². The fourth-order valence-electron chi connectivity index (χ4n) is 2.40. The van der Waals surface area contributed by atoms with Gasteiger partial charge in [-0.25, -0.2) is 0 Å². The number of rotatable bonds is 12. The highest BCUT2D eigenvalue weighted by Crippen LogP contribution is 2.42. The van der Waals surface area contributed by atoms with Crippen LogP contribution in [0.5, 0.6) is 0 Å². The van der Waals surface area contributed by atoms with Gasteiger partial charge in [0.2, 0.25) is 0 Å². The van der Waals surface area contributed by atoms with E-state index in [2.05, 4.69) is 63.1 Å². The molecule has 0 N–H and O–H groups in total. The zero-order valence-corrected chi connectivity index (χ0v) is 16.5. The molecule has 0 heterocycles. The molecule has 0 aromatic carbocycles. The lowest BCUT2D eigenvalue weighted by atomic mass is 9.92. The van der Waals surface area contributed by atoms with Crippen molar-refractivity contribution in [3.63, 3.8) is 0 Å². The van der Waals surface area contributed by atoms with Crippen LogP contribution in [0.15, 0.2) is 0 Å². The van der Waals surface area contributed by atoms with Crippen LogP contribution in [0.3, 0.4) is 0 Å². The van der Waals surface area contributed by atoms with Crippen molar-refractivity contribution in [2.24, 2.45) is 5.92 Å². The summed E-state index contributed by atoms with van der Waals surface area (Å²) >= 11 is 0. The van der Waals surface area contributed by atoms with E-state index in [1.54, 1.807) is 0 Å².